The van der Waals surface area contributed by atoms with Gasteiger partial charge in [-0.1, -0.05) is 19.4 Å². The van der Waals surface area contributed by atoms with Crippen LogP contribution in [0, 0.1) is 0 Å². The molecule has 4 heteroatoms. The number of carbonyl (C=O) groups excluding carboxylic acids is 1. The van der Waals surface area contributed by atoms with Crippen molar-refractivity contribution in [2.75, 3.05) is 7.11 Å². The van der Waals surface area contributed by atoms with Crippen molar-refractivity contribution in [2.24, 2.45) is 0 Å². The topological polar surface area (TPSA) is 52.3 Å². The molecule has 0 radical (unpaired) electrons. The van der Waals surface area contributed by atoms with Gasteiger partial charge in [0.05, 0.1) is 12.8 Å². The van der Waals surface area contributed by atoms with Crippen molar-refractivity contribution in [3.05, 3.63) is 40.8 Å². The average molecular weight is 285 g/mol. The van der Waals surface area contributed by atoms with Crippen molar-refractivity contribution >= 4 is 5.97 Å². The molecule has 0 amide bonds. The lowest BCUT2D eigenvalue weighted by Gasteiger charge is -2.01. The number of aryl methyl sites for hydroxylation is 3. The summed E-state index contributed by atoms with van der Waals surface area (Å²) in [6.07, 6.45) is 5.07. The molecule has 0 saturated carbocycles. The molecule has 0 unspecified atom stereocenters. The van der Waals surface area contributed by atoms with Crippen molar-refractivity contribution in [1.29, 1.82) is 0 Å². The molecule has 1 aliphatic carbocycles. The molecule has 4 nitrogen and oxygen atoms in total. The average Bonchev–Trinajstić information content (AvgIpc) is 3.12. The summed E-state index contributed by atoms with van der Waals surface area (Å²) in [6.45, 7) is 2.05. The summed E-state index contributed by atoms with van der Waals surface area (Å²) < 4.78 is 10.5. The smallest absolute Gasteiger partial charge is 0.376 e. The number of methoxy groups -OCH3 is 1. The normalized spacial score (nSPS) is 13.2. The molecule has 0 atom stereocenters. The van der Waals surface area contributed by atoms with Crippen molar-refractivity contribution in [3.63, 3.8) is 0 Å². The molecule has 0 bridgehead atoms. The van der Waals surface area contributed by atoms with Crippen molar-refractivity contribution in [1.82, 2.24) is 4.98 Å². The maximum Gasteiger partial charge on any atom is 0.376 e. The van der Waals surface area contributed by atoms with Crippen molar-refractivity contribution < 1.29 is 13.9 Å². The van der Waals surface area contributed by atoms with Gasteiger partial charge in [-0.15, -0.1) is 0 Å². The number of nitrogens with zero attached hydrogens (tertiary/aromatic N) is 1. The first-order valence-corrected chi connectivity index (χ1v) is 7.43. The summed E-state index contributed by atoms with van der Waals surface area (Å²) in [4.78, 5) is 16.3. The molecule has 110 valence electrons. The molecular formula is C17H19NO3. The Morgan fingerprint density at radius 2 is 2.14 bits per heavy atom. The number of oxazole rings is 1. The molecule has 2 aromatic rings. The number of hydrogen-bond donors (Lipinski definition) is 0. The highest BCUT2D eigenvalue weighted by atomic mass is 16.5. The second kappa shape index (κ2) is 5.72. The summed E-state index contributed by atoms with van der Waals surface area (Å²) in [5, 5.41) is 0. The van der Waals surface area contributed by atoms with E-state index in [2.05, 4.69) is 17.1 Å². The van der Waals surface area contributed by atoms with Crippen LogP contribution in [0.25, 0.3) is 11.5 Å². The largest absolute Gasteiger partial charge is 0.463 e. The second-order valence-electron chi connectivity index (χ2n) is 5.37. The maximum absolute atomic E-state index is 11.8. The molecule has 1 heterocycles. The zero-order valence-corrected chi connectivity index (χ0v) is 12.4. The number of benzene rings is 1. The summed E-state index contributed by atoms with van der Waals surface area (Å²) in [5.41, 5.74) is 4.39. The first kappa shape index (κ1) is 13.9. The van der Waals surface area contributed by atoms with Crippen LogP contribution in [0.2, 0.25) is 0 Å². The lowest BCUT2D eigenvalue weighted by atomic mass is 10.1. The summed E-state index contributed by atoms with van der Waals surface area (Å²) >= 11 is 0. The highest BCUT2D eigenvalue weighted by molar-refractivity contribution is 5.88. The van der Waals surface area contributed by atoms with E-state index in [0.29, 0.717) is 18.0 Å². The maximum atomic E-state index is 11.8. The molecule has 0 N–H and O–H groups in total. The van der Waals surface area contributed by atoms with Gasteiger partial charge >= 0.3 is 5.97 Å². The van der Waals surface area contributed by atoms with Gasteiger partial charge in [-0.3, -0.25) is 0 Å². The number of esters is 1. The van der Waals surface area contributed by atoms with E-state index in [4.69, 9.17) is 9.15 Å². The number of fused-ring (bicyclic) bond motifs is 1. The first-order valence-electron chi connectivity index (χ1n) is 7.43. The predicted octanol–water partition coefficient (Wildman–Crippen LogP) is 3.57. The zero-order chi connectivity index (χ0) is 14.8. The third-order valence-corrected chi connectivity index (χ3v) is 3.90. The Hall–Kier alpha value is -2.10. The highest BCUT2D eigenvalue weighted by Gasteiger charge is 2.22. The SMILES string of the molecule is CCCc1nc(-c2ccc3c(c2)CCC3)oc1C(=O)OC. The Kier molecular flexibility index (Phi) is 3.78. The van der Waals surface area contributed by atoms with E-state index < -0.39 is 5.97 Å². The van der Waals surface area contributed by atoms with E-state index in [1.165, 1.54) is 24.7 Å². The van der Waals surface area contributed by atoms with Crippen LogP contribution in [0.5, 0.6) is 0 Å². The van der Waals surface area contributed by atoms with Crippen LogP contribution in [-0.4, -0.2) is 18.1 Å². The Morgan fingerprint density at radius 1 is 1.33 bits per heavy atom. The third-order valence-electron chi connectivity index (χ3n) is 3.90. The van der Waals surface area contributed by atoms with Gasteiger partial charge < -0.3 is 9.15 Å². The molecule has 0 spiro atoms. The summed E-state index contributed by atoms with van der Waals surface area (Å²) in [7, 11) is 1.36. The van der Waals surface area contributed by atoms with Gasteiger partial charge in [0.25, 0.3) is 0 Å². The molecule has 0 aliphatic heterocycles. The van der Waals surface area contributed by atoms with Crippen molar-refractivity contribution in [2.45, 2.75) is 39.0 Å². The van der Waals surface area contributed by atoms with Crippen LogP contribution < -0.4 is 0 Å². The minimum atomic E-state index is -0.460. The molecule has 3 rings (SSSR count). The molecule has 1 aromatic heterocycles. The van der Waals surface area contributed by atoms with Crippen LogP contribution in [0.15, 0.2) is 22.6 Å². The van der Waals surface area contributed by atoms with Crippen LogP contribution in [-0.2, 0) is 24.0 Å². The van der Waals surface area contributed by atoms with Gasteiger partial charge in [-0.2, -0.15) is 0 Å². The predicted molar refractivity (Wildman–Crippen MR) is 79.3 cm³/mol. The van der Waals surface area contributed by atoms with E-state index in [9.17, 15) is 4.79 Å². The number of aromatic nitrogens is 1. The number of hydrogen-bond acceptors (Lipinski definition) is 4. The van der Waals surface area contributed by atoms with E-state index >= 15 is 0 Å². The van der Waals surface area contributed by atoms with Crippen LogP contribution >= 0.6 is 0 Å². The molecule has 0 saturated heterocycles. The zero-order valence-electron chi connectivity index (χ0n) is 12.4. The van der Waals surface area contributed by atoms with Gasteiger partial charge in [-0.05, 0) is 48.9 Å². The molecule has 1 aromatic carbocycles. The number of rotatable bonds is 4. The Bertz CT molecular complexity index is 673. The monoisotopic (exact) mass is 285 g/mol. The Labute approximate surface area is 124 Å². The second-order valence-corrected chi connectivity index (χ2v) is 5.37. The van der Waals surface area contributed by atoms with E-state index in [-0.39, 0.29) is 5.76 Å². The Morgan fingerprint density at radius 3 is 2.90 bits per heavy atom. The van der Waals surface area contributed by atoms with Crippen LogP contribution in [0.4, 0.5) is 0 Å². The minimum Gasteiger partial charge on any atom is -0.463 e. The van der Waals surface area contributed by atoms with Gasteiger partial charge in [0.2, 0.25) is 11.7 Å². The third kappa shape index (κ3) is 2.58. The highest BCUT2D eigenvalue weighted by Crippen LogP contribution is 2.29. The van der Waals surface area contributed by atoms with Crippen molar-refractivity contribution in [3.8, 4) is 11.5 Å². The fourth-order valence-corrected chi connectivity index (χ4v) is 2.84. The van der Waals surface area contributed by atoms with E-state index in [1.54, 1.807) is 0 Å². The molecule has 0 fully saturated rings. The standard InChI is InChI=1S/C17H19NO3/c1-3-5-14-15(17(19)20-2)21-16(18-14)13-9-8-11-6-4-7-12(11)10-13/h8-10H,3-7H2,1-2H3. The summed E-state index contributed by atoms with van der Waals surface area (Å²) in [5.74, 6) is 0.279. The van der Waals surface area contributed by atoms with E-state index in [0.717, 1.165) is 24.8 Å². The number of carbonyl (C=O) groups is 1. The quantitative estimate of drug-likeness (QED) is 0.806. The summed E-state index contributed by atoms with van der Waals surface area (Å²) in [6, 6.07) is 6.29. The Balaban J connectivity index is 2.00. The molecule has 21 heavy (non-hydrogen) atoms. The van der Waals surface area contributed by atoms with Crippen LogP contribution in [0.1, 0.15) is 47.1 Å². The van der Waals surface area contributed by atoms with Crippen LogP contribution in [0.3, 0.4) is 0 Å². The van der Waals surface area contributed by atoms with Gasteiger partial charge in [0.15, 0.2) is 0 Å². The number of ether oxygens (including phenoxy) is 1. The van der Waals surface area contributed by atoms with Gasteiger partial charge in [0, 0.05) is 5.56 Å². The lowest BCUT2D eigenvalue weighted by molar-refractivity contribution is 0.0564. The molecule has 1 aliphatic rings. The molecular weight excluding hydrogens is 266 g/mol. The van der Waals surface area contributed by atoms with Gasteiger partial charge in [-0.25, -0.2) is 9.78 Å². The first-order chi connectivity index (χ1) is 10.2. The lowest BCUT2D eigenvalue weighted by Crippen LogP contribution is -2.03. The minimum absolute atomic E-state index is 0.231. The van der Waals surface area contributed by atoms with E-state index in [1.807, 2.05) is 13.0 Å². The fourth-order valence-electron chi connectivity index (χ4n) is 2.84. The van der Waals surface area contributed by atoms with Gasteiger partial charge in [0.1, 0.15) is 0 Å². The fraction of sp³-hybridized carbons (Fsp3) is 0.412.